The minimum atomic E-state index is -3.64. The molecule has 1 aliphatic rings. The van der Waals surface area contributed by atoms with Crippen molar-refractivity contribution in [2.75, 3.05) is 31.1 Å². The van der Waals surface area contributed by atoms with Gasteiger partial charge in [-0.05, 0) is 42.3 Å². The van der Waals surface area contributed by atoms with Gasteiger partial charge in [-0.25, -0.2) is 18.2 Å². The highest BCUT2D eigenvalue weighted by atomic mass is 32.2. The first-order chi connectivity index (χ1) is 12.9. The summed E-state index contributed by atoms with van der Waals surface area (Å²) in [5.74, 6) is -0.225. The zero-order chi connectivity index (χ0) is 19.4. The molecule has 0 radical (unpaired) electrons. The van der Waals surface area contributed by atoms with Crippen LogP contribution < -0.4 is 4.90 Å². The van der Waals surface area contributed by atoms with Gasteiger partial charge in [0.15, 0.2) is 0 Å². The van der Waals surface area contributed by atoms with Crippen LogP contribution in [0.4, 0.5) is 5.82 Å². The number of pyridine rings is 1. The van der Waals surface area contributed by atoms with Crippen LogP contribution >= 0.6 is 0 Å². The van der Waals surface area contributed by atoms with Crippen molar-refractivity contribution in [2.45, 2.75) is 11.8 Å². The third-order valence-electron chi connectivity index (χ3n) is 4.48. The summed E-state index contributed by atoms with van der Waals surface area (Å²) in [7, 11) is -3.64. The summed E-state index contributed by atoms with van der Waals surface area (Å²) >= 11 is 0. The van der Waals surface area contributed by atoms with Crippen LogP contribution in [0.25, 0.3) is 5.57 Å². The fraction of sp³-hybridized carbons (Fsp3) is 0.263. The number of hydrogen-bond acceptors (Lipinski definition) is 5. The summed E-state index contributed by atoms with van der Waals surface area (Å²) in [6.45, 7) is 3.51. The Morgan fingerprint density at radius 2 is 1.85 bits per heavy atom. The number of carboxylic acid groups (broad SMARTS) is 1. The molecule has 7 nitrogen and oxygen atoms in total. The van der Waals surface area contributed by atoms with Crippen LogP contribution in [-0.2, 0) is 14.8 Å². The number of carbonyl (C=O) groups is 1. The van der Waals surface area contributed by atoms with E-state index in [1.807, 2.05) is 18.2 Å². The monoisotopic (exact) mass is 387 g/mol. The molecule has 0 atom stereocenters. The summed E-state index contributed by atoms with van der Waals surface area (Å²) in [5, 5.41) is 8.88. The number of hydrogen-bond donors (Lipinski definition) is 1. The second kappa shape index (κ2) is 7.89. The lowest BCUT2D eigenvalue weighted by molar-refractivity contribution is -0.131. The number of benzene rings is 1. The molecule has 0 bridgehead atoms. The Hall–Kier alpha value is -2.71. The van der Waals surface area contributed by atoms with E-state index in [9.17, 15) is 13.2 Å². The van der Waals surface area contributed by atoms with Crippen LogP contribution in [0.2, 0.25) is 0 Å². The smallest absolute Gasteiger partial charge is 0.328 e. The number of aromatic nitrogens is 1. The van der Waals surface area contributed by atoms with Gasteiger partial charge >= 0.3 is 5.97 Å². The number of anilines is 1. The molecule has 2 heterocycles. The van der Waals surface area contributed by atoms with Gasteiger partial charge in [0.1, 0.15) is 5.82 Å². The highest BCUT2D eigenvalue weighted by molar-refractivity contribution is 7.89. The predicted molar refractivity (Wildman–Crippen MR) is 103 cm³/mol. The second-order valence-electron chi connectivity index (χ2n) is 6.27. The largest absolute Gasteiger partial charge is 0.478 e. The van der Waals surface area contributed by atoms with E-state index in [0.717, 1.165) is 11.9 Å². The number of nitrogens with zero attached hydrogens (tertiary/aromatic N) is 3. The van der Waals surface area contributed by atoms with Gasteiger partial charge in [0.25, 0.3) is 0 Å². The lowest BCUT2D eigenvalue weighted by atomic mass is 10.1. The fourth-order valence-corrected chi connectivity index (χ4v) is 4.49. The second-order valence-corrected chi connectivity index (χ2v) is 8.21. The lowest BCUT2D eigenvalue weighted by Gasteiger charge is -2.34. The van der Waals surface area contributed by atoms with E-state index in [1.165, 1.54) is 16.4 Å². The van der Waals surface area contributed by atoms with Crippen molar-refractivity contribution in [3.8, 4) is 0 Å². The first kappa shape index (κ1) is 19.1. The van der Waals surface area contributed by atoms with Gasteiger partial charge < -0.3 is 10.0 Å². The van der Waals surface area contributed by atoms with Crippen LogP contribution in [0.3, 0.4) is 0 Å². The number of rotatable bonds is 5. The first-order valence-corrected chi connectivity index (χ1v) is 10.00. The quantitative estimate of drug-likeness (QED) is 0.790. The van der Waals surface area contributed by atoms with Crippen molar-refractivity contribution in [3.63, 3.8) is 0 Å². The average Bonchev–Trinajstić information content (AvgIpc) is 2.68. The minimum absolute atomic E-state index is 0.171. The van der Waals surface area contributed by atoms with Crippen molar-refractivity contribution in [3.05, 3.63) is 60.3 Å². The van der Waals surface area contributed by atoms with E-state index in [1.54, 1.807) is 25.3 Å². The zero-order valence-corrected chi connectivity index (χ0v) is 15.8. The van der Waals surface area contributed by atoms with Gasteiger partial charge in [-0.1, -0.05) is 18.2 Å². The lowest BCUT2D eigenvalue weighted by Crippen LogP contribution is -2.48. The molecule has 0 spiro atoms. The predicted octanol–water partition coefficient (Wildman–Crippen LogP) is 2.08. The van der Waals surface area contributed by atoms with Crippen LogP contribution in [0.1, 0.15) is 12.5 Å². The SMILES string of the molecule is C/C(=C\C(=O)O)c1cccc(S(=O)(=O)N2CCN(c3ccccn3)CC2)c1. The molecular weight excluding hydrogens is 366 g/mol. The third-order valence-corrected chi connectivity index (χ3v) is 6.37. The van der Waals surface area contributed by atoms with Gasteiger partial charge in [-0.15, -0.1) is 0 Å². The number of piperazine rings is 1. The Morgan fingerprint density at radius 1 is 1.11 bits per heavy atom. The van der Waals surface area contributed by atoms with E-state index in [0.29, 0.717) is 37.3 Å². The molecule has 8 heteroatoms. The van der Waals surface area contributed by atoms with E-state index in [-0.39, 0.29) is 4.90 Å². The Morgan fingerprint density at radius 3 is 2.48 bits per heavy atom. The molecule has 27 heavy (non-hydrogen) atoms. The van der Waals surface area contributed by atoms with Gasteiger partial charge in [-0.2, -0.15) is 4.31 Å². The van der Waals surface area contributed by atoms with Crippen molar-refractivity contribution in [1.82, 2.24) is 9.29 Å². The summed E-state index contributed by atoms with van der Waals surface area (Å²) in [5.41, 5.74) is 1.07. The van der Waals surface area contributed by atoms with Crippen molar-refractivity contribution in [1.29, 1.82) is 0 Å². The molecule has 142 valence electrons. The number of carboxylic acids is 1. The molecule has 1 fully saturated rings. The number of sulfonamides is 1. The van der Waals surface area contributed by atoms with E-state index >= 15 is 0 Å². The van der Waals surface area contributed by atoms with Gasteiger partial charge in [0.2, 0.25) is 10.0 Å². The van der Waals surface area contributed by atoms with Crippen LogP contribution in [0, 0.1) is 0 Å². The molecule has 2 aromatic rings. The Labute approximate surface area is 158 Å². The molecule has 1 aromatic heterocycles. The molecule has 1 saturated heterocycles. The summed E-state index contributed by atoms with van der Waals surface area (Å²) in [4.78, 5) is 17.4. The topological polar surface area (TPSA) is 90.8 Å². The number of allylic oxidation sites excluding steroid dienone is 1. The molecule has 0 saturated carbocycles. The van der Waals surface area contributed by atoms with Crippen molar-refractivity contribution < 1.29 is 18.3 Å². The van der Waals surface area contributed by atoms with Crippen molar-refractivity contribution in [2.24, 2.45) is 0 Å². The fourth-order valence-electron chi connectivity index (χ4n) is 3.02. The van der Waals surface area contributed by atoms with E-state index in [4.69, 9.17) is 5.11 Å². The average molecular weight is 387 g/mol. The highest BCUT2D eigenvalue weighted by Crippen LogP contribution is 2.23. The Balaban J connectivity index is 1.77. The molecule has 0 amide bonds. The summed E-state index contributed by atoms with van der Waals surface area (Å²) in [6, 6.07) is 12.1. The molecule has 3 rings (SSSR count). The molecule has 0 unspecified atom stereocenters. The molecular formula is C19H21N3O4S. The highest BCUT2D eigenvalue weighted by Gasteiger charge is 2.29. The first-order valence-electron chi connectivity index (χ1n) is 8.56. The molecule has 1 aromatic carbocycles. The maximum absolute atomic E-state index is 13.0. The summed E-state index contributed by atoms with van der Waals surface area (Å²) in [6.07, 6.45) is 2.79. The van der Waals surface area contributed by atoms with Crippen LogP contribution in [-0.4, -0.2) is 55.0 Å². The van der Waals surface area contributed by atoms with Gasteiger partial charge in [0, 0.05) is 38.5 Å². The maximum Gasteiger partial charge on any atom is 0.328 e. The maximum atomic E-state index is 13.0. The molecule has 1 aliphatic heterocycles. The van der Waals surface area contributed by atoms with Crippen LogP contribution in [0.15, 0.2) is 59.6 Å². The zero-order valence-electron chi connectivity index (χ0n) is 14.9. The third kappa shape index (κ3) is 4.35. The van der Waals surface area contributed by atoms with E-state index in [2.05, 4.69) is 9.88 Å². The molecule has 0 aliphatic carbocycles. The minimum Gasteiger partial charge on any atom is -0.478 e. The Kier molecular flexibility index (Phi) is 5.57. The van der Waals surface area contributed by atoms with E-state index < -0.39 is 16.0 Å². The van der Waals surface area contributed by atoms with Gasteiger partial charge in [-0.3, -0.25) is 0 Å². The summed E-state index contributed by atoms with van der Waals surface area (Å²) < 4.78 is 27.4. The number of aliphatic carboxylic acids is 1. The van der Waals surface area contributed by atoms with Crippen molar-refractivity contribution >= 4 is 27.4 Å². The standard InChI is InChI=1S/C19H21N3O4S/c1-15(13-19(23)24)16-5-4-6-17(14-16)27(25,26)22-11-9-21(10-12-22)18-7-2-3-8-20-18/h2-8,13-14H,9-12H2,1H3,(H,23,24)/b15-13+. The van der Waals surface area contributed by atoms with Gasteiger partial charge in [0.05, 0.1) is 4.90 Å². The molecule has 1 N–H and O–H groups in total. The van der Waals surface area contributed by atoms with Crippen LogP contribution in [0.5, 0.6) is 0 Å². The normalized spacial score (nSPS) is 16.3. The Bertz CT molecular complexity index is 950.